The quantitative estimate of drug-likeness (QED) is 0.849. The normalized spacial score (nSPS) is 20.1. The molecule has 2 aromatic rings. The lowest BCUT2D eigenvalue weighted by Gasteiger charge is -2.34. The minimum Gasteiger partial charge on any atom is -0.491 e. The first-order chi connectivity index (χ1) is 11.1. The highest BCUT2D eigenvalue weighted by molar-refractivity contribution is 6.30. The molecule has 0 saturated carbocycles. The minimum atomic E-state index is -1.26. The van der Waals surface area contributed by atoms with E-state index in [-0.39, 0.29) is 5.91 Å². The van der Waals surface area contributed by atoms with Crippen molar-refractivity contribution in [2.24, 2.45) is 0 Å². The maximum absolute atomic E-state index is 13.1. The van der Waals surface area contributed by atoms with Crippen molar-refractivity contribution >= 4 is 17.5 Å². The van der Waals surface area contributed by atoms with Crippen LogP contribution >= 0.6 is 11.6 Å². The molecule has 5 heteroatoms. The third kappa shape index (κ3) is 2.69. The molecular formula is C18H18ClNO3. The summed E-state index contributed by atoms with van der Waals surface area (Å²) in [5.74, 6) is 0.448. The second-order valence-electron chi connectivity index (χ2n) is 5.58. The van der Waals surface area contributed by atoms with Gasteiger partial charge in [0.25, 0.3) is 5.91 Å². The number of hydrogen-bond donors (Lipinski definition) is 0. The first kappa shape index (κ1) is 15.8. The van der Waals surface area contributed by atoms with Crippen LogP contribution in [0.15, 0.2) is 48.5 Å². The summed E-state index contributed by atoms with van der Waals surface area (Å²) < 4.78 is 11.9. The average Bonchev–Trinajstić information content (AvgIpc) is 2.75. The fraction of sp³-hybridized carbons (Fsp3) is 0.278. The number of ether oxygens (including phenoxy) is 2. The molecule has 120 valence electrons. The van der Waals surface area contributed by atoms with Gasteiger partial charge in [-0.15, -0.1) is 0 Å². The van der Waals surface area contributed by atoms with Crippen molar-refractivity contribution in [2.75, 3.05) is 27.3 Å². The Hall–Kier alpha value is -2.04. The van der Waals surface area contributed by atoms with Crippen LogP contribution < -0.4 is 4.74 Å². The van der Waals surface area contributed by atoms with Gasteiger partial charge in [-0.2, -0.15) is 0 Å². The molecule has 0 spiro atoms. The number of benzene rings is 2. The molecule has 4 nitrogen and oxygen atoms in total. The third-order valence-electron chi connectivity index (χ3n) is 3.87. The van der Waals surface area contributed by atoms with Gasteiger partial charge in [0.1, 0.15) is 12.4 Å². The van der Waals surface area contributed by atoms with E-state index in [1.807, 2.05) is 30.3 Å². The summed E-state index contributed by atoms with van der Waals surface area (Å²) in [6.45, 7) is 0.685. The molecule has 0 radical (unpaired) electrons. The number of rotatable bonds is 2. The van der Waals surface area contributed by atoms with E-state index in [1.165, 1.54) is 4.90 Å². The van der Waals surface area contributed by atoms with Gasteiger partial charge in [-0.25, -0.2) is 0 Å². The summed E-state index contributed by atoms with van der Waals surface area (Å²) in [6, 6.07) is 14.7. The van der Waals surface area contributed by atoms with E-state index in [9.17, 15) is 4.79 Å². The number of hydrogen-bond acceptors (Lipinski definition) is 3. The van der Waals surface area contributed by atoms with Gasteiger partial charge in [0.05, 0.1) is 6.61 Å². The van der Waals surface area contributed by atoms with E-state index in [1.54, 1.807) is 32.3 Å². The van der Waals surface area contributed by atoms with Crippen LogP contribution in [-0.4, -0.2) is 38.1 Å². The number of nitrogens with zero attached hydrogens (tertiary/aromatic N) is 1. The number of likely N-dealkylation sites (N-methyl/N-ethyl adjacent to an activating group) is 1. The van der Waals surface area contributed by atoms with Crippen LogP contribution in [0.5, 0.6) is 5.75 Å². The van der Waals surface area contributed by atoms with Gasteiger partial charge in [0.2, 0.25) is 5.60 Å². The van der Waals surface area contributed by atoms with Crippen molar-refractivity contribution in [3.8, 4) is 5.75 Å². The van der Waals surface area contributed by atoms with Crippen LogP contribution in [0, 0.1) is 0 Å². The van der Waals surface area contributed by atoms with Crippen molar-refractivity contribution in [3.05, 3.63) is 64.7 Å². The lowest BCUT2D eigenvalue weighted by atomic mass is 9.84. The number of carbonyl (C=O) groups is 1. The van der Waals surface area contributed by atoms with E-state index < -0.39 is 5.60 Å². The zero-order valence-electron chi connectivity index (χ0n) is 13.1. The second-order valence-corrected chi connectivity index (χ2v) is 6.02. The summed E-state index contributed by atoms with van der Waals surface area (Å²) in [6.07, 6.45) is 0. The molecule has 0 aromatic heterocycles. The molecule has 0 saturated heterocycles. The Morgan fingerprint density at radius 1 is 1.13 bits per heavy atom. The standard InChI is InChI=1S/C18H18ClNO3/c1-20(2)17(21)18(13-6-4-3-5-7-13)15-12-14(19)8-9-16(15)22-10-11-23-18/h3-9,12H,10-11H2,1-2H3. The first-order valence-corrected chi connectivity index (χ1v) is 7.77. The Bertz CT molecular complexity index is 717. The second kappa shape index (κ2) is 6.22. The number of halogens is 1. The van der Waals surface area contributed by atoms with E-state index in [0.29, 0.717) is 29.5 Å². The summed E-state index contributed by atoms with van der Waals surface area (Å²) in [5.41, 5.74) is 0.127. The summed E-state index contributed by atoms with van der Waals surface area (Å²) in [4.78, 5) is 14.7. The van der Waals surface area contributed by atoms with E-state index >= 15 is 0 Å². The van der Waals surface area contributed by atoms with Gasteiger partial charge in [0, 0.05) is 24.7 Å². The molecule has 23 heavy (non-hydrogen) atoms. The highest BCUT2D eigenvalue weighted by Gasteiger charge is 2.47. The molecule has 0 fully saturated rings. The Labute approximate surface area is 140 Å². The summed E-state index contributed by atoms with van der Waals surface area (Å²) in [5, 5.41) is 0.532. The van der Waals surface area contributed by atoms with Gasteiger partial charge in [-0.3, -0.25) is 4.79 Å². The third-order valence-corrected chi connectivity index (χ3v) is 4.10. The fourth-order valence-electron chi connectivity index (χ4n) is 2.85. The van der Waals surface area contributed by atoms with Crippen LogP contribution in [0.4, 0.5) is 0 Å². The van der Waals surface area contributed by atoms with Crippen molar-refractivity contribution in [1.82, 2.24) is 4.90 Å². The molecule has 1 unspecified atom stereocenters. The van der Waals surface area contributed by atoms with Crippen molar-refractivity contribution in [2.45, 2.75) is 5.60 Å². The Morgan fingerprint density at radius 3 is 2.57 bits per heavy atom. The molecular weight excluding hydrogens is 314 g/mol. The molecule has 1 aliphatic rings. The van der Waals surface area contributed by atoms with Gasteiger partial charge in [-0.1, -0.05) is 41.9 Å². The number of fused-ring (bicyclic) bond motifs is 1. The lowest BCUT2D eigenvalue weighted by molar-refractivity contribution is -0.151. The van der Waals surface area contributed by atoms with E-state index in [4.69, 9.17) is 21.1 Å². The molecule has 0 aliphatic carbocycles. The molecule has 1 amide bonds. The fourth-order valence-corrected chi connectivity index (χ4v) is 3.03. The van der Waals surface area contributed by atoms with Crippen LogP contribution in [0.2, 0.25) is 5.02 Å². The Balaban J connectivity index is 2.32. The molecule has 1 aliphatic heterocycles. The van der Waals surface area contributed by atoms with Crippen LogP contribution in [-0.2, 0) is 15.1 Å². The van der Waals surface area contributed by atoms with Gasteiger partial charge in [0.15, 0.2) is 0 Å². The largest absolute Gasteiger partial charge is 0.491 e. The maximum Gasteiger partial charge on any atom is 0.263 e. The predicted molar refractivity (Wildman–Crippen MR) is 88.8 cm³/mol. The minimum absolute atomic E-state index is 0.169. The Kier molecular flexibility index (Phi) is 4.28. The maximum atomic E-state index is 13.1. The first-order valence-electron chi connectivity index (χ1n) is 7.40. The van der Waals surface area contributed by atoms with Crippen LogP contribution in [0.1, 0.15) is 11.1 Å². The lowest BCUT2D eigenvalue weighted by Crippen LogP contribution is -2.46. The van der Waals surface area contributed by atoms with Crippen LogP contribution in [0.25, 0.3) is 0 Å². The molecule has 0 bridgehead atoms. The van der Waals surface area contributed by atoms with Crippen molar-refractivity contribution < 1.29 is 14.3 Å². The Morgan fingerprint density at radius 2 is 1.87 bits per heavy atom. The molecule has 0 N–H and O–H groups in total. The average molecular weight is 332 g/mol. The highest BCUT2D eigenvalue weighted by Crippen LogP contribution is 2.42. The SMILES string of the molecule is CN(C)C(=O)C1(c2ccccc2)OCCOc2ccc(Cl)cc21. The van der Waals surface area contributed by atoms with Gasteiger partial charge >= 0.3 is 0 Å². The monoisotopic (exact) mass is 331 g/mol. The summed E-state index contributed by atoms with van der Waals surface area (Å²) in [7, 11) is 3.43. The smallest absolute Gasteiger partial charge is 0.263 e. The number of amides is 1. The topological polar surface area (TPSA) is 38.8 Å². The predicted octanol–water partition coefficient (Wildman–Crippen LogP) is 3.08. The summed E-state index contributed by atoms with van der Waals surface area (Å²) >= 11 is 6.19. The molecule has 2 aromatic carbocycles. The van der Waals surface area contributed by atoms with Crippen molar-refractivity contribution in [1.29, 1.82) is 0 Å². The zero-order chi connectivity index (χ0) is 16.4. The van der Waals surface area contributed by atoms with Gasteiger partial charge in [-0.05, 0) is 23.8 Å². The van der Waals surface area contributed by atoms with E-state index in [2.05, 4.69) is 0 Å². The highest BCUT2D eigenvalue weighted by atomic mass is 35.5. The van der Waals surface area contributed by atoms with Gasteiger partial charge < -0.3 is 14.4 Å². The van der Waals surface area contributed by atoms with Crippen LogP contribution in [0.3, 0.4) is 0 Å². The molecule has 1 atom stereocenters. The van der Waals surface area contributed by atoms with E-state index in [0.717, 1.165) is 5.56 Å². The molecule has 1 heterocycles. The zero-order valence-corrected chi connectivity index (χ0v) is 13.8. The molecule has 3 rings (SSSR count). The van der Waals surface area contributed by atoms with Crippen molar-refractivity contribution in [3.63, 3.8) is 0 Å². The number of carbonyl (C=O) groups excluding carboxylic acids is 1.